The van der Waals surface area contributed by atoms with Crippen molar-refractivity contribution in [2.45, 2.75) is 6.61 Å². The molecule has 0 atom stereocenters. The number of halogens is 1. The molecule has 2 rings (SSSR count). The van der Waals surface area contributed by atoms with Gasteiger partial charge in [0.2, 0.25) is 0 Å². The summed E-state index contributed by atoms with van der Waals surface area (Å²) in [5, 5.41) is 0.764. The van der Waals surface area contributed by atoms with Crippen molar-refractivity contribution in [2.75, 3.05) is 7.11 Å². The van der Waals surface area contributed by atoms with E-state index in [-0.39, 0.29) is 0 Å². The van der Waals surface area contributed by atoms with Gasteiger partial charge in [0.15, 0.2) is 0 Å². The third-order valence-electron chi connectivity index (χ3n) is 2.44. The number of hydrogen-bond donors (Lipinski definition) is 0. The molecule has 0 bridgehead atoms. The van der Waals surface area contributed by atoms with Crippen LogP contribution in [0.4, 0.5) is 0 Å². The maximum Gasteiger partial charge on any atom is 0.0713 e. The average molecular weight is 233 g/mol. The van der Waals surface area contributed by atoms with E-state index in [1.807, 2.05) is 24.3 Å². The maximum atomic E-state index is 5.85. The van der Waals surface area contributed by atoms with Crippen molar-refractivity contribution in [1.82, 2.24) is 0 Å². The van der Waals surface area contributed by atoms with E-state index in [1.54, 1.807) is 7.11 Å². The first-order chi connectivity index (χ1) is 7.79. The molecule has 0 aliphatic rings. The van der Waals surface area contributed by atoms with Crippen molar-refractivity contribution in [3.8, 4) is 11.1 Å². The lowest BCUT2D eigenvalue weighted by molar-refractivity contribution is 0.185. The van der Waals surface area contributed by atoms with Crippen LogP contribution in [0, 0.1) is 0 Å². The van der Waals surface area contributed by atoms with Gasteiger partial charge in [-0.1, -0.05) is 48.0 Å². The Labute approximate surface area is 101 Å². The van der Waals surface area contributed by atoms with Crippen LogP contribution in [0.5, 0.6) is 0 Å². The zero-order valence-corrected chi connectivity index (χ0v) is 9.87. The number of benzene rings is 2. The lowest BCUT2D eigenvalue weighted by Crippen LogP contribution is -1.86. The molecule has 1 nitrogen and oxygen atoms in total. The van der Waals surface area contributed by atoms with Crippen LogP contribution >= 0.6 is 11.6 Å². The van der Waals surface area contributed by atoms with Crippen LogP contribution in [-0.2, 0) is 11.3 Å². The van der Waals surface area contributed by atoms with E-state index in [4.69, 9.17) is 16.3 Å². The summed E-state index contributed by atoms with van der Waals surface area (Å²) in [5.74, 6) is 0. The fourth-order valence-corrected chi connectivity index (χ4v) is 1.73. The Kier molecular flexibility index (Phi) is 3.60. The predicted molar refractivity (Wildman–Crippen MR) is 67.6 cm³/mol. The highest BCUT2D eigenvalue weighted by atomic mass is 35.5. The molecule has 16 heavy (non-hydrogen) atoms. The zero-order valence-electron chi connectivity index (χ0n) is 9.11. The van der Waals surface area contributed by atoms with Crippen molar-refractivity contribution < 1.29 is 4.74 Å². The number of ether oxygens (including phenoxy) is 1. The van der Waals surface area contributed by atoms with Crippen LogP contribution in [0.3, 0.4) is 0 Å². The summed E-state index contributed by atoms with van der Waals surface area (Å²) in [6, 6.07) is 16.2. The molecule has 2 aromatic carbocycles. The molecule has 0 saturated heterocycles. The summed E-state index contributed by atoms with van der Waals surface area (Å²) in [5.41, 5.74) is 3.55. The molecule has 0 unspecified atom stereocenters. The second-order valence-corrected chi connectivity index (χ2v) is 4.07. The lowest BCUT2D eigenvalue weighted by Gasteiger charge is -2.04. The standard InChI is InChI=1S/C14H13ClO/c1-16-10-11-2-4-12(5-3-11)13-6-8-14(15)9-7-13/h2-9H,10H2,1H3. The average Bonchev–Trinajstić information content (AvgIpc) is 2.32. The Balaban J connectivity index is 2.24. The van der Waals surface area contributed by atoms with E-state index in [2.05, 4.69) is 24.3 Å². The minimum absolute atomic E-state index is 0.654. The highest BCUT2D eigenvalue weighted by Gasteiger charge is 1.98. The van der Waals surface area contributed by atoms with Crippen LogP contribution in [0.1, 0.15) is 5.56 Å². The molecular weight excluding hydrogens is 220 g/mol. The van der Waals surface area contributed by atoms with Crippen LogP contribution in [0.25, 0.3) is 11.1 Å². The summed E-state index contributed by atoms with van der Waals surface area (Å²) in [6.45, 7) is 0.654. The number of methoxy groups -OCH3 is 1. The molecule has 0 radical (unpaired) electrons. The fraction of sp³-hybridized carbons (Fsp3) is 0.143. The quantitative estimate of drug-likeness (QED) is 0.773. The first-order valence-electron chi connectivity index (χ1n) is 5.13. The largest absolute Gasteiger partial charge is 0.380 e. The van der Waals surface area contributed by atoms with Crippen molar-refractivity contribution in [2.24, 2.45) is 0 Å². The molecule has 0 spiro atoms. The third kappa shape index (κ3) is 2.63. The molecule has 0 saturated carbocycles. The summed E-state index contributed by atoms with van der Waals surface area (Å²) < 4.78 is 5.07. The molecule has 0 aromatic heterocycles. The molecule has 0 N–H and O–H groups in total. The molecule has 2 heteroatoms. The highest BCUT2D eigenvalue weighted by Crippen LogP contribution is 2.21. The van der Waals surface area contributed by atoms with Crippen molar-refractivity contribution in [1.29, 1.82) is 0 Å². The summed E-state index contributed by atoms with van der Waals surface area (Å²) in [7, 11) is 1.70. The second-order valence-electron chi connectivity index (χ2n) is 3.64. The molecule has 82 valence electrons. The van der Waals surface area contributed by atoms with Crippen LogP contribution < -0.4 is 0 Å². The monoisotopic (exact) mass is 232 g/mol. The van der Waals surface area contributed by atoms with E-state index < -0.39 is 0 Å². The molecule has 0 aliphatic carbocycles. The summed E-state index contributed by atoms with van der Waals surface area (Å²) in [4.78, 5) is 0. The van der Waals surface area contributed by atoms with Gasteiger partial charge in [-0.05, 0) is 28.8 Å². The van der Waals surface area contributed by atoms with Gasteiger partial charge >= 0.3 is 0 Å². The Bertz CT molecular complexity index is 445. The van der Waals surface area contributed by atoms with Gasteiger partial charge in [-0.3, -0.25) is 0 Å². The smallest absolute Gasteiger partial charge is 0.0713 e. The van der Waals surface area contributed by atoms with Crippen molar-refractivity contribution in [3.05, 3.63) is 59.1 Å². The minimum atomic E-state index is 0.654. The van der Waals surface area contributed by atoms with Gasteiger partial charge in [0.05, 0.1) is 6.61 Å². The van der Waals surface area contributed by atoms with Gasteiger partial charge < -0.3 is 4.74 Å². The Morgan fingerprint density at radius 1 is 0.875 bits per heavy atom. The lowest BCUT2D eigenvalue weighted by atomic mass is 10.0. The fourth-order valence-electron chi connectivity index (χ4n) is 1.60. The van der Waals surface area contributed by atoms with Crippen LogP contribution in [0.15, 0.2) is 48.5 Å². The van der Waals surface area contributed by atoms with E-state index in [0.717, 1.165) is 5.02 Å². The van der Waals surface area contributed by atoms with E-state index in [9.17, 15) is 0 Å². The molecule has 0 aliphatic heterocycles. The van der Waals surface area contributed by atoms with Gasteiger partial charge in [-0.2, -0.15) is 0 Å². The van der Waals surface area contributed by atoms with E-state index in [1.165, 1.54) is 16.7 Å². The maximum absolute atomic E-state index is 5.85. The third-order valence-corrected chi connectivity index (χ3v) is 2.69. The molecular formula is C14H13ClO. The normalized spacial score (nSPS) is 10.4. The first kappa shape index (κ1) is 11.2. The van der Waals surface area contributed by atoms with E-state index >= 15 is 0 Å². The number of rotatable bonds is 3. The molecule has 0 amide bonds. The number of hydrogen-bond acceptors (Lipinski definition) is 1. The van der Waals surface area contributed by atoms with Gasteiger partial charge in [0.1, 0.15) is 0 Å². The topological polar surface area (TPSA) is 9.23 Å². The zero-order chi connectivity index (χ0) is 11.4. The van der Waals surface area contributed by atoms with Crippen molar-refractivity contribution in [3.63, 3.8) is 0 Å². The summed E-state index contributed by atoms with van der Waals surface area (Å²) in [6.07, 6.45) is 0. The van der Waals surface area contributed by atoms with Crippen LogP contribution in [-0.4, -0.2) is 7.11 Å². The second kappa shape index (κ2) is 5.15. The Morgan fingerprint density at radius 3 is 1.88 bits per heavy atom. The summed E-state index contributed by atoms with van der Waals surface area (Å²) >= 11 is 5.85. The van der Waals surface area contributed by atoms with Gasteiger partial charge in [-0.25, -0.2) is 0 Å². The van der Waals surface area contributed by atoms with Crippen LogP contribution in [0.2, 0.25) is 5.02 Å². The predicted octanol–water partition coefficient (Wildman–Crippen LogP) is 4.15. The van der Waals surface area contributed by atoms with E-state index in [0.29, 0.717) is 6.61 Å². The minimum Gasteiger partial charge on any atom is -0.380 e. The molecule has 0 fully saturated rings. The first-order valence-corrected chi connectivity index (χ1v) is 5.51. The van der Waals surface area contributed by atoms with Crippen molar-refractivity contribution >= 4 is 11.6 Å². The van der Waals surface area contributed by atoms with Gasteiger partial charge in [-0.15, -0.1) is 0 Å². The Hall–Kier alpha value is -1.31. The van der Waals surface area contributed by atoms with Gasteiger partial charge in [0, 0.05) is 12.1 Å². The molecule has 2 aromatic rings. The van der Waals surface area contributed by atoms with Gasteiger partial charge in [0.25, 0.3) is 0 Å². The molecule has 0 heterocycles. The Morgan fingerprint density at radius 2 is 1.38 bits per heavy atom. The SMILES string of the molecule is COCc1ccc(-c2ccc(Cl)cc2)cc1. The highest BCUT2D eigenvalue weighted by molar-refractivity contribution is 6.30.